The Balaban J connectivity index is 1.75. The van der Waals surface area contributed by atoms with Crippen LogP contribution >= 0.6 is 23.1 Å². The first kappa shape index (κ1) is 22.0. The number of nitrogens with zero attached hydrogens (tertiary/aromatic N) is 3. The Morgan fingerprint density at radius 3 is 2.55 bits per heavy atom. The number of fused-ring (bicyclic) bond motifs is 3. The van der Waals surface area contributed by atoms with Crippen LogP contribution in [0.2, 0.25) is 0 Å². The number of aliphatic hydroxyl groups is 2. The normalized spacial score (nSPS) is 13.4. The summed E-state index contributed by atoms with van der Waals surface area (Å²) in [6, 6.07) is 9.37. The van der Waals surface area contributed by atoms with Gasteiger partial charge in [0.1, 0.15) is 4.83 Å². The summed E-state index contributed by atoms with van der Waals surface area (Å²) in [6.45, 7) is -0.0166. The van der Waals surface area contributed by atoms with Gasteiger partial charge >= 0.3 is 0 Å². The van der Waals surface area contributed by atoms with Crippen molar-refractivity contribution < 1.29 is 15.0 Å². The van der Waals surface area contributed by atoms with E-state index in [2.05, 4.69) is 0 Å². The third-order valence-electron chi connectivity index (χ3n) is 5.39. The molecule has 2 aromatic heterocycles. The van der Waals surface area contributed by atoms with Gasteiger partial charge in [0.15, 0.2) is 5.16 Å². The lowest BCUT2D eigenvalue weighted by Gasteiger charge is -2.20. The summed E-state index contributed by atoms with van der Waals surface area (Å²) < 4.78 is 1.60. The highest BCUT2D eigenvalue weighted by Gasteiger charge is 2.23. The van der Waals surface area contributed by atoms with E-state index in [4.69, 9.17) is 4.98 Å². The third-order valence-corrected chi connectivity index (χ3v) is 7.50. The minimum absolute atomic E-state index is 0.0653. The highest BCUT2D eigenvalue weighted by atomic mass is 32.2. The van der Waals surface area contributed by atoms with Gasteiger partial charge in [-0.15, -0.1) is 11.3 Å². The van der Waals surface area contributed by atoms with Gasteiger partial charge in [-0.2, -0.15) is 0 Å². The van der Waals surface area contributed by atoms with E-state index in [1.54, 1.807) is 15.9 Å². The first-order valence-electron chi connectivity index (χ1n) is 10.4. The zero-order valence-corrected chi connectivity index (χ0v) is 18.8. The topological polar surface area (TPSA) is 95.7 Å². The predicted molar refractivity (Wildman–Crippen MR) is 123 cm³/mol. The summed E-state index contributed by atoms with van der Waals surface area (Å²) in [7, 11) is 0. The third kappa shape index (κ3) is 4.55. The molecule has 1 aliphatic rings. The van der Waals surface area contributed by atoms with Crippen LogP contribution in [0.1, 0.15) is 23.3 Å². The molecule has 2 N–H and O–H groups in total. The van der Waals surface area contributed by atoms with Gasteiger partial charge in [-0.25, -0.2) is 4.98 Å². The van der Waals surface area contributed by atoms with Crippen LogP contribution in [-0.2, 0) is 17.6 Å². The lowest BCUT2D eigenvalue weighted by Crippen LogP contribution is -2.37. The molecule has 0 unspecified atom stereocenters. The summed E-state index contributed by atoms with van der Waals surface area (Å²) in [6.07, 6.45) is 4.11. The minimum Gasteiger partial charge on any atom is -0.395 e. The van der Waals surface area contributed by atoms with Gasteiger partial charge in [-0.3, -0.25) is 14.2 Å². The van der Waals surface area contributed by atoms with Gasteiger partial charge < -0.3 is 15.1 Å². The highest BCUT2D eigenvalue weighted by molar-refractivity contribution is 7.99. The van der Waals surface area contributed by atoms with E-state index < -0.39 is 0 Å². The molecule has 0 saturated carbocycles. The first-order chi connectivity index (χ1) is 15.1. The first-order valence-corrected chi connectivity index (χ1v) is 12.2. The fourth-order valence-electron chi connectivity index (χ4n) is 3.91. The van der Waals surface area contributed by atoms with E-state index in [9.17, 15) is 19.8 Å². The lowest BCUT2D eigenvalue weighted by atomic mass is 9.97. The van der Waals surface area contributed by atoms with Crippen LogP contribution in [0.5, 0.6) is 0 Å². The number of aromatic nitrogens is 2. The van der Waals surface area contributed by atoms with Crippen LogP contribution in [0.3, 0.4) is 0 Å². The average molecular weight is 460 g/mol. The van der Waals surface area contributed by atoms with Gasteiger partial charge in [0.25, 0.3) is 5.56 Å². The van der Waals surface area contributed by atoms with Crippen LogP contribution < -0.4 is 5.56 Å². The molecule has 0 fully saturated rings. The molecule has 4 rings (SSSR count). The molecule has 0 radical (unpaired) electrons. The molecule has 1 aliphatic carbocycles. The quantitative estimate of drug-likeness (QED) is 0.396. The molecular weight excluding hydrogens is 434 g/mol. The van der Waals surface area contributed by atoms with Gasteiger partial charge in [0, 0.05) is 18.0 Å². The number of amides is 1. The Kier molecular flexibility index (Phi) is 7.06. The van der Waals surface area contributed by atoms with Crippen LogP contribution in [0, 0.1) is 0 Å². The molecule has 1 amide bonds. The van der Waals surface area contributed by atoms with E-state index in [1.165, 1.54) is 21.5 Å². The number of carbonyl (C=O) groups excluding carboxylic acids is 1. The van der Waals surface area contributed by atoms with Crippen molar-refractivity contribution in [1.82, 2.24) is 14.5 Å². The zero-order valence-electron chi connectivity index (χ0n) is 17.1. The number of hydrogen-bond donors (Lipinski definition) is 2. The SMILES string of the molecule is O=C(CSc1nc2sc3c(c2c(=O)n1-c1ccccc1)CCCC3)N(CCO)CCO. The van der Waals surface area contributed by atoms with Gasteiger partial charge in [-0.05, 0) is 43.4 Å². The maximum atomic E-state index is 13.6. The Morgan fingerprint density at radius 2 is 1.84 bits per heavy atom. The van der Waals surface area contributed by atoms with Crippen molar-refractivity contribution in [1.29, 1.82) is 0 Å². The number of para-hydroxylation sites is 1. The van der Waals surface area contributed by atoms with Crippen molar-refractivity contribution in [3.63, 3.8) is 0 Å². The van der Waals surface area contributed by atoms with E-state index in [0.29, 0.717) is 10.5 Å². The molecule has 31 heavy (non-hydrogen) atoms. The van der Waals surface area contributed by atoms with E-state index in [1.807, 2.05) is 30.3 Å². The largest absolute Gasteiger partial charge is 0.395 e. The Bertz CT molecular complexity index is 1120. The van der Waals surface area contributed by atoms with Crippen molar-refractivity contribution >= 4 is 39.2 Å². The fraction of sp³-hybridized carbons (Fsp3) is 0.409. The summed E-state index contributed by atoms with van der Waals surface area (Å²) in [5, 5.41) is 19.6. The summed E-state index contributed by atoms with van der Waals surface area (Å²) in [5.41, 5.74) is 1.77. The van der Waals surface area contributed by atoms with Crippen LogP contribution in [0.15, 0.2) is 40.3 Å². The van der Waals surface area contributed by atoms with Crippen LogP contribution in [0.25, 0.3) is 15.9 Å². The maximum Gasteiger partial charge on any atom is 0.267 e. The van der Waals surface area contributed by atoms with Gasteiger partial charge in [0.05, 0.1) is 30.0 Å². The number of carbonyl (C=O) groups is 1. The molecule has 0 spiro atoms. The molecule has 1 aromatic carbocycles. The van der Waals surface area contributed by atoms with Gasteiger partial charge in [-0.1, -0.05) is 30.0 Å². The van der Waals surface area contributed by atoms with E-state index in [-0.39, 0.29) is 43.5 Å². The molecule has 0 aliphatic heterocycles. The fourth-order valence-corrected chi connectivity index (χ4v) is 6.13. The summed E-state index contributed by atoms with van der Waals surface area (Å²) >= 11 is 2.80. The Hall–Kier alpha value is -2.20. The standard InChI is InChI=1S/C22H25N3O4S2/c26-12-10-24(11-13-27)18(28)14-30-22-23-20-19(16-8-4-5-9-17(16)31-20)21(29)25(22)15-6-2-1-3-7-15/h1-3,6-7,26-27H,4-5,8-14H2. The van der Waals surface area contributed by atoms with Crippen molar-refractivity contribution in [3.05, 3.63) is 51.1 Å². The number of aryl methyl sites for hydroxylation is 2. The molecule has 2 heterocycles. The number of rotatable bonds is 8. The molecule has 0 bridgehead atoms. The number of thioether (sulfide) groups is 1. The van der Waals surface area contributed by atoms with E-state index >= 15 is 0 Å². The second kappa shape index (κ2) is 9.95. The number of thiophene rings is 1. The van der Waals surface area contributed by atoms with Crippen LogP contribution in [0.4, 0.5) is 0 Å². The molecule has 9 heteroatoms. The van der Waals surface area contributed by atoms with Crippen molar-refractivity contribution in [2.24, 2.45) is 0 Å². The highest BCUT2D eigenvalue weighted by Crippen LogP contribution is 2.35. The summed E-state index contributed by atoms with van der Waals surface area (Å²) in [4.78, 5) is 34.5. The molecule has 3 aromatic rings. The van der Waals surface area contributed by atoms with Crippen molar-refractivity contribution in [3.8, 4) is 5.69 Å². The Labute approximate surface area is 188 Å². The Morgan fingerprint density at radius 1 is 1.13 bits per heavy atom. The summed E-state index contributed by atoms with van der Waals surface area (Å²) in [5.74, 6) is -0.150. The second-order valence-corrected chi connectivity index (χ2v) is 9.40. The molecular formula is C22H25N3O4S2. The molecule has 0 saturated heterocycles. The average Bonchev–Trinajstić information content (AvgIpc) is 3.16. The smallest absolute Gasteiger partial charge is 0.267 e. The lowest BCUT2D eigenvalue weighted by molar-refractivity contribution is -0.129. The second-order valence-electron chi connectivity index (χ2n) is 7.38. The molecule has 7 nitrogen and oxygen atoms in total. The number of aliphatic hydroxyl groups excluding tert-OH is 2. The molecule has 164 valence electrons. The zero-order chi connectivity index (χ0) is 21.8. The minimum atomic E-state index is -0.215. The van der Waals surface area contributed by atoms with E-state index in [0.717, 1.165) is 41.8 Å². The molecule has 0 atom stereocenters. The van der Waals surface area contributed by atoms with Crippen LogP contribution in [-0.4, -0.2) is 62.6 Å². The number of benzene rings is 1. The number of hydrogen-bond acceptors (Lipinski definition) is 7. The monoisotopic (exact) mass is 459 g/mol. The maximum absolute atomic E-state index is 13.6. The predicted octanol–water partition coefficient (Wildman–Crippen LogP) is 2.23. The van der Waals surface area contributed by atoms with Crippen molar-refractivity contribution in [2.45, 2.75) is 30.8 Å². The van der Waals surface area contributed by atoms with Gasteiger partial charge in [0.2, 0.25) is 5.91 Å². The van der Waals surface area contributed by atoms with Crippen molar-refractivity contribution in [2.75, 3.05) is 32.1 Å².